The maximum absolute atomic E-state index is 12.6. The lowest BCUT2D eigenvalue weighted by Gasteiger charge is -2.06. The van der Waals surface area contributed by atoms with Crippen molar-refractivity contribution in [2.75, 3.05) is 0 Å². The predicted octanol–water partition coefficient (Wildman–Crippen LogP) is 7.06. The Hall–Kier alpha value is -2.15. The molecule has 2 aromatic rings. The molecule has 0 atom stereocenters. The zero-order chi connectivity index (χ0) is 18.0. The van der Waals surface area contributed by atoms with E-state index in [4.69, 9.17) is 0 Å². The van der Waals surface area contributed by atoms with Crippen LogP contribution < -0.4 is 0 Å². The quantitative estimate of drug-likeness (QED) is 0.557. The average Bonchev–Trinajstić information content (AvgIpc) is 2.53. The highest BCUT2D eigenvalue weighted by Gasteiger charge is 1.99. The molecule has 0 spiro atoms. The van der Waals surface area contributed by atoms with Crippen LogP contribution in [0.2, 0.25) is 0 Å². The topological polar surface area (TPSA) is 0 Å². The van der Waals surface area contributed by atoms with E-state index >= 15 is 0 Å². The third-order valence-electron chi connectivity index (χ3n) is 3.31. The predicted molar refractivity (Wildman–Crippen MR) is 103 cm³/mol. The first kappa shape index (κ1) is 20.9. The summed E-state index contributed by atoms with van der Waals surface area (Å²) < 4.78 is 12.6. The number of hydrogen-bond acceptors (Lipinski definition) is 0. The van der Waals surface area contributed by atoms with Crippen LogP contribution in [0.15, 0.2) is 43.5 Å². The zero-order valence-corrected chi connectivity index (χ0v) is 15.3. The summed E-state index contributed by atoms with van der Waals surface area (Å²) in [7, 11) is 0. The van der Waals surface area contributed by atoms with Crippen LogP contribution in [0.5, 0.6) is 0 Å². The lowest BCUT2D eigenvalue weighted by molar-refractivity contribution is 0.617. The molecule has 1 heteroatoms. The van der Waals surface area contributed by atoms with Gasteiger partial charge in [0, 0.05) is 0 Å². The molecule has 0 amide bonds. The summed E-state index contributed by atoms with van der Waals surface area (Å²) in [5, 5.41) is 0. The van der Waals surface area contributed by atoms with Crippen LogP contribution in [-0.4, -0.2) is 0 Å². The van der Waals surface area contributed by atoms with Crippen LogP contribution in [-0.2, 0) is 0 Å². The number of benzene rings is 2. The lowest BCUT2D eigenvalue weighted by atomic mass is 9.99. The normalized spacial score (nSPS) is 9.00. The molecular formula is C22H29F. The average molecular weight is 312 g/mol. The van der Waals surface area contributed by atoms with E-state index in [0.29, 0.717) is 5.56 Å². The second kappa shape index (κ2) is 10.6. The van der Waals surface area contributed by atoms with Crippen molar-refractivity contribution in [1.29, 1.82) is 0 Å². The first-order valence-electron chi connectivity index (χ1n) is 7.98. The summed E-state index contributed by atoms with van der Waals surface area (Å²) in [5.74, 6) is -0.116. The third kappa shape index (κ3) is 6.65. The van der Waals surface area contributed by atoms with Gasteiger partial charge in [0.05, 0.1) is 0 Å². The van der Waals surface area contributed by atoms with Gasteiger partial charge in [0.2, 0.25) is 0 Å². The summed E-state index contributed by atoms with van der Waals surface area (Å²) in [6.07, 6.45) is 3.75. The summed E-state index contributed by atoms with van der Waals surface area (Å²) in [6.45, 7) is 19.4. The van der Waals surface area contributed by atoms with Gasteiger partial charge in [-0.2, -0.15) is 0 Å². The minimum absolute atomic E-state index is 0.116. The van der Waals surface area contributed by atoms with E-state index < -0.39 is 0 Å². The molecule has 0 bridgehead atoms. The smallest absolute Gasteiger partial charge is 0.126 e. The van der Waals surface area contributed by atoms with Crippen molar-refractivity contribution in [2.45, 2.75) is 41.5 Å². The van der Waals surface area contributed by atoms with Crippen molar-refractivity contribution in [3.8, 4) is 0 Å². The van der Waals surface area contributed by atoms with Crippen molar-refractivity contribution >= 4 is 12.2 Å². The molecule has 0 aliphatic heterocycles. The first-order valence-corrected chi connectivity index (χ1v) is 7.98. The standard InChI is InChI=1S/C12H14.C8H9F.C2H6/c1-5-11-8-9(3)7-10(4)12(11)6-2;1-6-3-4-7(2)8(9)5-6;1-2/h5-8H,1-2H2,3-4H3;3-5H,1-2H3;1-2H3. The molecule has 2 aromatic carbocycles. The third-order valence-corrected chi connectivity index (χ3v) is 3.31. The van der Waals surface area contributed by atoms with E-state index in [1.807, 2.05) is 39.0 Å². The maximum atomic E-state index is 12.6. The Morgan fingerprint density at radius 2 is 1.39 bits per heavy atom. The van der Waals surface area contributed by atoms with Gasteiger partial charge >= 0.3 is 0 Å². The Balaban J connectivity index is 0.000000392. The fourth-order valence-corrected chi connectivity index (χ4v) is 2.16. The number of rotatable bonds is 2. The van der Waals surface area contributed by atoms with Gasteiger partial charge in [0.15, 0.2) is 0 Å². The van der Waals surface area contributed by atoms with Gasteiger partial charge in [-0.1, -0.05) is 69.0 Å². The summed E-state index contributed by atoms with van der Waals surface area (Å²) in [4.78, 5) is 0. The Morgan fingerprint density at radius 1 is 0.783 bits per heavy atom. The van der Waals surface area contributed by atoms with E-state index in [2.05, 4.69) is 39.1 Å². The molecule has 0 nitrogen and oxygen atoms in total. The molecule has 0 saturated heterocycles. The van der Waals surface area contributed by atoms with Crippen LogP contribution in [0.3, 0.4) is 0 Å². The molecule has 0 radical (unpaired) electrons. The number of halogens is 1. The lowest BCUT2D eigenvalue weighted by Crippen LogP contribution is -1.87. The fourth-order valence-electron chi connectivity index (χ4n) is 2.16. The van der Waals surface area contributed by atoms with Crippen molar-refractivity contribution in [3.05, 3.63) is 82.7 Å². The molecule has 0 aliphatic rings. The van der Waals surface area contributed by atoms with Crippen molar-refractivity contribution in [2.24, 2.45) is 0 Å². The highest BCUT2D eigenvalue weighted by Crippen LogP contribution is 2.18. The number of aryl methyl sites for hydroxylation is 4. The van der Waals surface area contributed by atoms with Gasteiger partial charge in [-0.15, -0.1) is 0 Å². The Kier molecular flexibility index (Phi) is 9.57. The highest BCUT2D eigenvalue weighted by molar-refractivity contribution is 5.67. The largest absolute Gasteiger partial charge is 0.207 e. The molecule has 0 heterocycles. The van der Waals surface area contributed by atoms with Crippen LogP contribution in [0, 0.1) is 33.5 Å². The van der Waals surface area contributed by atoms with Gasteiger partial charge < -0.3 is 0 Å². The molecule has 0 aromatic heterocycles. The second-order valence-electron chi connectivity index (χ2n) is 5.25. The van der Waals surface area contributed by atoms with Crippen LogP contribution in [0.1, 0.15) is 47.2 Å². The van der Waals surface area contributed by atoms with E-state index in [0.717, 1.165) is 5.56 Å². The summed E-state index contributed by atoms with van der Waals surface area (Å²) in [6, 6.07) is 9.50. The van der Waals surface area contributed by atoms with E-state index in [1.54, 1.807) is 13.0 Å². The second-order valence-corrected chi connectivity index (χ2v) is 5.25. The molecule has 23 heavy (non-hydrogen) atoms. The molecule has 0 saturated carbocycles. The Labute approximate surface area is 141 Å². The Bertz CT molecular complexity index is 651. The molecule has 124 valence electrons. The first-order chi connectivity index (χ1) is 10.9. The molecule has 2 rings (SSSR count). The molecule has 0 N–H and O–H groups in total. The van der Waals surface area contributed by atoms with Crippen molar-refractivity contribution < 1.29 is 4.39 Å². The molecule has 0 unspecified atom stereocenters. The molecular weight excluding hydrogens is 283 g/mol. The maximum Gasteiger partial charge on any atom is 0.126 e. The van der Waals surface area contributed by atoms with E-state index in [-0.39, 0.29) is 5.82 Å². The van der Waals surface area contributed by atoms with Gasteiger partial charge in [0.25, 0.3) is 0 Å². The van der Waals surface area contributed by atoms with Gasteiger partial charge in [-0.05, 0) is 61.6 Å². The van der Waals surface area contributed by atoms with Crippen molar-refractivity contribution in [1.82, 2.24) is 0 Å². The molecule has 0 aliphatic carbocycles. The van der Waals surface area contributed by atoms with E-state index in [9.17, 15) is 4.39 Å². The Morgan fingerprint density at radius 3 is 1.83 bits per heavy atom. The van der Waals surface area contributed by atoms with Crippen LogP contribution in [0.25, 0.3) is 12.2 Å². The fraction of sp³-hybridized carbons (Fsp3) is 0.273. The highest BCUT2D eigenvalue weighted by atomic mass is 19.1. The minimum Gasteiger partial charge on any atom is -0.207 e. The van der Waals surface area contributed by atoms with Gasteiger partial charge in [-0.25, -0.2) is 4.39 Å². The SMILES string of the molecule is C=Cc1cc(C)cc(C)c1C=C.CC.Cc1ccc(C)c(F)c1. The van der Waals surface area contributed by atoms with Gasteiger partial charge in [0.1, 0.15) is 5.82 Å². The monoisotopic (exact) mass is 312 g/mol. The van der Waals surface area contributed by atoms with Crippen LogP contribution >= 0.6 is 0 Å². The van der Waals surface area contributed by atoms with Crippen molar-refractivity contribution in [3.63, 3.8) is 0 Å². The van der Waals surface area contributed by atoms with E-state index in [1.165, 1.54) is 28.3 Å². The van der Waals surface area contributed by atoms with Gasteiger partial charge in [-0.3, -0.25) is 0 Å². The summed E-state index contributed by atoms with van der Waals surface area (Å²) in [5.41, 5.74) is 6.57. The minimum atomic E-state index is -0.116. The number of hydrogen-bond donors (Lipinski definition) is 0. The summed E-state index contributed by atoms with van der Waals surface area (Å²) >= 11 is 0. The van der Waals surface area contributed by atoms with Crippen LogP contribution in [0.4, 0.5) is 4.39 Å². The zero-order valence-electron chi connectivity index (χ0n) is 15.3. The molecule has 0 fully saturated rings.